The highest BCUT2D eigenvalue weighted by molar-refractivity contribution is 5.94. The number of aliphatic hydroxyl groups is 1. The Balaban J connectivity index is 1.55. The van der Waals surface area contributed by atoms with Crippen LogP contribution < -0.4 is 0 Å². The van der Waals surface area contributed by atoms with E-state index in [0.29, 0.717) is 11.0 Å². The van der Waals surface area contributed by atoms with Crippen molar-refractivity contribution in [3.05, 3.63) is 29.6 Å². The minimum absolute atomic E-state index is 0.0993. The highest BCUT2D eigenvalue weighted by atomic mass is 16.3. The van der Waals surface area contributed by atoms with Gasteiger partial charge in [-0.1, -0.05) is 0 Å². The highest BCUT2D eigenvalue weighted by Gasteiger charge is 2.43. The highest BCUT2D eigenvalue weighted by Crippen LogP contribution is 2.47. The van der Waals surface area contributed by atoms with Crippen LogP contribution in [0.3, 0.4) is 0 Å². The summed E-state index contributed by atoms with van der Waals surface area (Å²) in [6, 6.07) is 3.77. The second-order valence-corrected chi connectivity index (χ2v) is 8.44. The van der Waals surface area contributed by atoms with Crippen LogP contribution in [0.5, 0.6) is 0 Å². The monoisotopic (exact) mass is 345 g/mol. The zero-order valence-electron chi connectivity index (χ0n) is 15.8. The normalized spacial score (nSPS) is 22.4. The van der Waals surface area contributed by atoms with E-state index >= 15 is 0 Å². The maximum absolute atomic E-state index is 12.6. The second kappa shape index (κ2) is 7.04. The first-order valence-electron chi connectivity index (χ1n) is 9.40. The minimum Gasteiger partial charge on any atom is -0.389 e. The Morgan fingerprint density at radius 2 is 1.80 bits per heavy atom. The zero-order chi connectivity index (χ0) is 18.1. The van der Waals surface area contributed by atoms with E-state index in [9.17, 15) is 9.90 Å². The third-order valence-electron chi connectivity index (χ3n) is 6.12. The van der Waals surface area contributed by atoms with Crippen LogP contribution in [-0.2, 0) is 0 Å². The number of likely N-dealkylation sites (N-methyl/N-ethyl adjacent to an activating group) is 1. The van der Waals surface area contributed by atoms with E-state index in [1.807, 2.05) is 38.1 Å². The van der Waals surface area contributed by atoms with Crippen molar-refractivity contribution in [1.29, 1.82) is 0 Å². The molecule has 5 heteroatoms. The molecule has 1 aromatic heterocycles. The van der Waals surface area contributed by atoms with Crippen LogP contribution in [0.15, 0.2) is 18.3 Å². The van der Waals surface area contributed by atoms with Crippen molar-refractivity contribution in [2.45, 2.75) is 51.0 Å². The van der Waals surface area contributed by atoms with Crippen molar-refractivity contribution in [3.8, 4) is 0 Å². The van der Waals surface area contributed by atoms with Crippen LogP contribution in [0.2, 0.25) is 0 Å². The van der Waals surface area contributed by atoms with Crippen molar-refractivity contribution in [2.75, 3.05) is 33.7 Å². The van der Waals surface area contributed by atoms with Gasteiger partial charge < -0.3 is 14.9 Å². The molecule has 0 radical (unpaired) electrons. The van der Waals surface area contributed by atoms with Gasteiger partial charge in [0.1, 0.15) is 0 Å². The molecule has 2 fully saturated rings. The maximum Gasteiger partial charge on any atom is 0.255 e. The summed E-state index contributed by atoms with van der Waals surface area (Å²) in [5, 5.41) is 10.8. The Labute approximate surface area is 151 Å². The number of nitrogens with zero attached hydrogens (tertiary/aromatic N) is 3. The van der Waals surface area contributed by atoms with Crippen LogP contribution in [-0.4, -0.2) is 65.1 Å². The van der Waals surface area contributed by atoms with Gasteiger partial charge in [0.25, 0.3) is 5.91 Å². The fraction of sp³-hybridized carbons (Fsp3) is 0.700. The van der Waals surface area contributed by atoms with E-state index in [1.165, 1.54) is 0 Å². The SMILES string of the molecule is Cc1ccc(C(=O)N2CCC3(CC2)CCC(O)(CN(C)C)CC3)cn1. The van der Waals surface area contributed by atoms with Crippen LogP contribution in [0, 0.1) is 12.3 Å². The molecule has 5 nitrogen and oxygen atoms in total. The first-order valence-corrected chi connectivity index (χ1v) is 9.40. The molecule has 1 aliphatic carbocycles. The summed E-state index contributed by atoms with van der Waals surface area (Å²) < 4.78 is 0. The number of pyridine rings is 1. The number of hydrogen-bond acceptors (Lipinski definition) is 4. The van der Waals surface area contributed by atoms with Gasteiger partial charge in [-0.2, -0.15) is 0 Å². The minimum atomic E-state index is -0.532. The fourth-order valence-electron chi connectivity index (χ4n) is 4.45. The fourth-order valence-corrected chi connectivity index (χ4v) is 4.45. The van der Waals surface area contributed by atoms with Gasteiger partial charge in [0, 0.05) is 31.5 Å². The van der Waals surface area contributed by atoms with Crippen LogP contribution >= 0.6 is 0 Å². The van der Waals surface area contributed by atoms with Gasteiger partial charge in [-0.3, -0.25) is 9.78 Å². The van der Waals surface area contributed by atoms with Crippen molar-refractivity contribution in [2.24, 2.45) is 5.41 Å². The second-order valence-electron chi connectivity index (χ2n) is 8.44. The lowest BCUT2D eigenvalue weighted by molar-refractivity contribution is -0.0615. The summed E-state index contributed by atoms with van der Waals surface area (Å²) in [7, 11) is 4.04. The molecule has 1 aliphatic heterocycles. The molecular weight excluding hydrogens is 314 g/mol. The lowest BCUT2D eigenvalue weighted by atomic mass is 9.64. The van der Waals surface area contributed by atoms with Crippen LogP contribution in [0.25, 0.3) is 0 Å². The Morgan fingerprint density at radius 3 is 2.32 bits per heavy atom. The van der Waals surface area contributed by atoms with Crippen molar-refractivity contribution in [3.63, 3.8) is 0 Å². The Kier molecular flexibility index (Phi) is 5.16. The molecule has 1 aromatic rings. The number of hydrogen-bond donors (Lipinski definition) is 1. The van der Waals surface area contributed by atoms with Crippen LogP contribution in [0.1, 0.15) is 54.6 Å². The van der Waals surface area contributed by atoms with Gasteiger partial charge in [0.05, 0.1) is 11.2 Å². The van der Waals surface area contributed by atoms with E-state index in [2.05, 4.69) is 9.88 Å². The number of piperidine rings is 1. The quantitative estimate of drug-likeness (QED) is 0.914. The lowest BCUT2D eigenvalue weighted by Gasteiger charge is -2.48. The number of likely N-dealkylation sites (tertiary alicyclic amines) is 1. The lowest BCUT2D eigenvalue weighted by Crippen LogP contribution is -2.49. The molecule has 138 valence electrons. The molecule has 2 aliphatic rings. The third-order valence-corrected chi connectivity index (χ3v) is 6.12. The third kappa shape index (κ3) is 4.21. The van der Waals surface area contributed by atoms with Gasteiger partial charge in [0.2, 0.25) is 0 Å². The largest absolute Gasteiger partial charge is 0.389 e. The summed E-state index contributed by atoms with van der Waals surface area (Å²) in [6.07, 6.45) is 7.69. The molecule has 1 amide bonds. The summed E-state index contributed by atoms with van der Waals surface area (Å²) in [5.41, 5.74) is 1.41. The van der Waals surface area contributed by atoms with E-state index in [4.69, 9.17) is 0 Å². The molecule has 0 bridgehead atoms. The Hall–Kier alpha value is -1.46. The summed E-state index contributed by atoms with van der Waals surface area (Å²) in [4.78, 5) is 20.9. The number of aromatic nitrogens is 1. The topological polar surface area (TPSA) is 56.7 Å². The van der Waals surface area contributed by atoms with Crippen molar-refractivity contribution >= 4 is 5.91 Å². The Bertz CT molecular complexity index is 594. The number of aryl methyl sites for hydroxylation is 1. The number of amides is 1. The van der Waals surface area contributed by atoms with Gasteiger partial charge in [0.15, 0.2) is 0 Å². The van der Waals surface area contributed by atoms with Crippen LogP contribution in [0.4, 0.5) is 0 Å². The summed E-state index contributed by atoms with van der Waals surface area (Å²) in [5.74, 6) is 0.0993. The van der Waals surface area contributed by atoms with Gasteiger partial charge >= 0.3 is 0 Å². The maximum atomic E-state index is 12.6. The molecule has 3 rings (SSSR count). The smallest absolute Gasteiger partial charge is 0.255 e. The average Bonchev–Trinajstić information content (AvgIpc) is 2.58. The zero-order valence-corrected chi connectivity index (χ0v) is 15.8. The standard InChI is InChI=1S/C20H31N3O2/c1-16-4-5-17(14-21-16)18(24)23-12-10-19(11-13-23)6-8-20(25,9-7-19)15-22(2)3/h4-5,14,25H,6-13,15H2,1-3H3. The van der Waals surface area contributed by atoms with Gasteiger partial charge in [-0.05, 0) is 77.1 Å². The Morgan fingerprint density at radius 1 is 1.16 bits per heavy atom. The molecule has 1 spiro atoms. The molecule has 1 N–H and O–H groups in total. The van der Waals surface area contributed by atoms with Crippen molar-refractivity contribution in [1.82, 2.24) is 14.8 Å². The molecule has 25 heavy (non-hydrogen) atoms. The molecule has 1 saturated heterocycles. The number of carbonyl (C=O) groups excluding carboxylic acids is 1. The first kappa shape index (κ1) is 18.3. The van der Waals surface area contributed by atoms with E-state index in [0.717, 1.165) is 63.9 Å². The summed E-state index contributed by atoms with van der Waals surface area (Å²) >= 11 is 0. The van der Waals surface area contributed by atoms with Gasteiger partial charge in [-0.25, -0.2) is 0 Å². The predicted octanol–water partition coefficient (Wildman–Crippen LogP) is 2.48. The molecule has 0 atom stereocenters. The van der Waals surface area contributed by atoms with Crippen molar-refractivity contribution < 1.29 is 9.90 Å². The number of carbonyl (C=O) groups is 1. The molecule has 0 unspecified atom stereocenters. The number of rotatable bonds is 3. The molecule has 1 saturated carbocycles. The molecule has 2 heterocycles. The molecular formula is C20H31N3O2. The van der Waals surface area contributed by atoms with E-state index in [1.54, 1.807) is 6.20 Å². The van der Waals surface area contributed by atoms with E-state index in [-0.39, 0.29) is 5.91 Å². The van der Waals surface area contributed by atoms with E-state index < -0.39 is 5.60 Å². The average molecular weight is 345 g/mol. The molecule has 0 aromatic carbocycles. The summed E-state index contributed by atoms with van der Waals surface area (Å²) in [6.45, 7) is 4.31. The first-order chi connectivity index (χ1) is 11.8. The predicted molar refractivity (Wildman–Crippen MR) is 98.5 cm³/mol. The van der Waals surface area contributed by atoms with Gasteiger partial charge in [-0.15, -0.1) is 0 Å².